The number of benzene rings is 2. The van der Waals surface area contributed by atoms with Gasteiger partial charge in [-0.05, 0) is 70.6 Å². The Bertz CT molecular complexity index is 2560. The molecule has 0 spiro atoms. The Balaban J connectivity index is 1.41. The fourth-order valence-electron chi connectivity index (χ4n) is 6.53. The maximum atomic E-state index is 13.6. The zero-order valence-electron chi connectivity index (χ0n) is 33.1. The van der Waals surface area contributed by atoms with Gasteiger partial charge >= 0.3 is 0 Å². The molecular formula is C39H46N12O7. The van der Waals surface area contributed by atoms with Crippen molar-refractivity contribution in [3.63, 3.8) is 0 Å². The normalized spacial score (nSPS) is 11.5. The van der Waals surface area contributed by atoms with Crippen LogP contribution in [0.15, 0.2) is 46.9 Å². The minimum atomic E-state index is -0.671. The highest BCUT2D eigenvalue weighted by atomic mass is 16.5. The lowest BCUT2D eigenvalue weighted by molar-refractivity contribution is 0.0987. The molecule has 7 N–H and O–H groups in total. The molecule has 304 valence electrons. The standard InChI is InChI=1S/C39H46N12O7/c1-7-25-33(58-22(4)43-25)37(55)47-39-45-27-18-24(35(41)53)20-30(57-15-11-12-42-5)32(27)50(39)14-10-9-13-49-31-26(17-23(34(40)52)19-29(31)56-6)44-38(49)46-36(54)28-16-21(3)48-51(28)8-2/h9-10,16-20,42H,7-8,11-15H2,1-6H3,(H2,40,52)(H2,41,53)(H,44,46,54)(H,45,47,55)/b10-9+. The molecule has 0 saturated heterocycles. The van der Waals surface area contributed by atoms with Crippen molar-refractivity contribution in [3.05, 3.63) is 82.3 Å². The molecule has 4 aromatic heterocycles. The molecule has 19 nitrogen and oxygen atoms in total. The number of hydrogen-bond donors (Lipinski definition) is 5. The van der Waals surface area contributed by atoms with Crippen molar-refractivity contribution < 1.29 is 33.1 Å². The van der Waals surface area contributed by atoms with Gasteiger partial charge in [0.15, 0.2) is 5.89 Å². The first-order valence-electron chi connectivity index (χ1n) is 18.6. The van der Waals surface area contributed by atoms with E-state index >= 15 is 0 Å². The number of carbonyl (C=O) groups is 4. The number of primary amides is 2. The van der Waals surface area contributed by atoms with Gasteiger partial charge in [-0.3, -0.25) is 34.5 Å². The molecule has 0 unspecified atom stereocenters. The van der Waals surface area contributed by atoms with Crippen LogP contribution < -0.4 is 36.9 Å². The van der Waals surface area contributed by atoms with E-state index in [4.69, 9.17) is 30.3 Å². The number of rotatable bonds is 18. The lowest BCUT2D eigenvalue weighted by Crippen LogP contribution is -2.20. The number of oxazole rings is 1. The lowest BCUT2D eigenvalue weighted by atomic mass is 10.1. The third kappa shape index (κ3) is 8.38. The molecule has 0 aliphatic carbocycles. The molecule has 0 radical (unpaired) electrons. The predicted octanol–water partition coefficient (Wildman–Crippen LogP) is 3.73. The smallest absolute Gasteiger partial charge is 0.295 e. The zero-order valence-corrected chi connectivity index (χ0v) is 33.1. The predicted molar refractivity (Wildman–Crippen MR) is 215 cm³/mol. The van der Waals surface area contributed by atoms with Crippen LogP contribution in [0, 0.1) is 13.8 Å². The average Bonchev–Trinajstić information content (AvgIpc) is 3.96. The van der Waals surface area contributed by atoms with Crippen LogP contribution in [0.2, 0.25) is 0 Å². The van der Waals surface area contributed by atoms with Crippen LogP contribution in [0.4, 0.5) is 11.9 Å². The van der Waals surface area contributed by atoms with Crippen molar-refractivity contribution in [2.45, 2.75) is 60.2 Å². The van der Waals surface area contributed by atoms with Crippen molar-refractivity contribution in [2.75, 3.05) is 37.9 Å². The van der Waals surface area contributed by atoms with Crippen LogP contribution >= 0.6 is 0 Å². The van der Waals surface area contributed by atoms with Gasteiger partial charge < -0.3 is 39.8 Å². The topological polar surface area (TPSA) is 254 Å². The van der Waals surface area contributed by atoms with Crippen LogP contribution in [0.5, 0.6) is 11.5 Å². The van der Waals surface area contributed by atoms with E-state index in [1.54, 1.807) is 39.8 Å². The Morgan fingerprint density at radius 1 is 0.828 bits per heavy atom. The third-order valence-corrected chi connectivity index (χ3v) is 9.20. The SMILES string of the molecule is CCc1nc(C)oc1C(=O)Nc1nc2cc(C(N)=O)cc(OCCCNC)c2n1C/C=C/Cn1c(NC(=O)c2cc(C)nn2CC)nc2cc(C(N)=O)cc(OC)c21. The number of anilines is 2. The number of aryl methyl sites for hydroxylation is 4. The van der Waals surface area contributed by atoms with E-state index < -0.39 is 23.6 Å². The summed E-state index contributed by atoms with van der Waals surface area (Å²) in [6.07, 6.45) is 4.80. The van der Waals surface area contributed by atoms with E-state index in [0.717, 1.165) is 0 Å². The number of methoxy groups -OCH3 is 1. The van der Waals surface area contributed by atoms with Gasteiger partial charge in [-0.2, -0.15) is 5.10 Å². The fourth-order valence-corrected chi connectivity index (χ4v) is 6.53. The van der Waals surface area contributed by atoms with Gasteiger partial charge in [-0.1, -0.05) is 19.1 Å². The first-order chi connectivity index (χ1) is 27.9. The van der Waals surface area contributed by atoms with Gasteiger partial charge in [0.1, 0.15) is 28.2 Å². The van der Waals surface area contributed by atoms with E-state index in [0.29, 0.717) is 89.1 Å². The summed E-state index contributed by atoms with van der Waals surface area (Å²) in [5, 5.41) is 13.2. The minimum absolute atomic E-state index is 0.0580. The molecule has 2 aromatic carbocycles. The number of amides is 4. The maximum Gasteiger partial charge on any atom is 0.295 e. The monoisotopic (exact) mass is 794 g/mol. The number of nitrogens with one attached hydrogen (secondary N) is 3. The summed E-state index contributed by atoms with van der Waals surface area (Å²) in [5.41, 5.74) is 14.9. The van der Waals surface area contributed by atoms with Gasteiger partial charge in [0.05, 0.1) is 36.1 Å². The highest BCUT2D eigenvalue weighted by Gasteiger charge is 2.24. The van der Waals surface area contributed by atoms with Crippen LogP contribution in [-0.4, -0.2) is 84.8 Å². The largest absolute Gasteiger partial charge is 0.494 e. The summed E-state index contributed by atoms with van der Waals surface area (Å²) >= 11 is 0. The van der Waals surface area contributed by atoms with E-state index in [-0.39, 0.29) is 41.9 Å². The van der Waals surface area contributed by atoms with Crippen molar-refractivity contribution in [3.8, 4) is 11.5 Å². The van der Waals surface area contributed by atoms with Gasteiger partial charge in [-0.15, -0.1) is 0 Å². The highest BCUT2D eigenvalue weighted by Crippen LogP contribution is 2.33. The van der Waals surface area contributed by atoms with Crippen LogP contribution in [-0.2, 0) is 26.1 Å². The summed E-state index contributed by atoms with van der Waals surface area (Å²) in [5.74, 6) is -0.955. The van der Waals surface area contributed by atoms with Crippen LogP contribution in [0.25, 0.3) is 22.1 Å². The first-order valence-corrected chi connectivity index (χ1v) is 18.6. The first kappa shape index (κ1) is 40.6. The van der Waals surface area contributed by atoms with Gasteiger partial charge in [0.25, 0.3) is 11.8 Å². The number of aromatic nitrogens is 7. The summed E-state index contributed by atoms with van der Waals surface area (Å²) in [6.45, 7) is 9.00. The molecular weight excluding hydrogens is 749 g/mol. The molecule has 4 amide bonds. The van der Waals surface area contributed by atoms with E-state index in [1.165, 1.54) is 25.3 Å². The second-order valence-electron chi connectivity index (χ2n) is 13.2. The van der Waals surface area contributed by atoms with Gasteiger partial charge in [-0.25, -0.2) is 15.0 Å². The molecule has 58 heavy (non-hydrogen) atoms. The number of hydrogen-bond acceptors (Lipinski definition) is 12. The number of carbonyl (C=O) groups excluding carboxylic acids is 4. The number of imidazole rings is 2. The summed E-state index contributed by atoms with van der Waals surface area (Å²) in [4.78, 5) is 65.5. The molecule has 4 heterocycles. The van der Waals surface area contributed by atoms with Crippen molar-refractivity contribution in [2.24, 2.45) is 11.5 Å². The molecule has 6 rings (SSSR count). The van der Waals surface area contributed by atoms with Crippen LogP contribution in [0.3, 0.4) is 0 Å². The Morgan fingerprint density at radius 2 is 1.41 bits per heavy atom. The Morgan fingerprint density at radius 3 is 1.97 bits per heavy atom. The number of ether oxygens (including phenoxy) is 2. The quantitative estimate of drug-likeness (QED) is 0.0617. The number of fused-ring (bicyclic) bond motifs is 2. The van der Waals surface area contributed by atoms with Gasteiger partial charge in [0.2, 0.25) is 29.5 Å². The molecule has 19 heteroatoms. The molecule has 0 aliphatic rings. The fraction of sp³-hybridized carbons (Fsp3) is 0.333. The van der Waals surface area contributed by atoms with E-state index in [1.807, 2.05) is 33.0 Å². The number of nitrogens with two attached hydrogens (primary N) is 2. The molecule has 6 aromatic rings. The summed E-state index contributed by atoms with van der Waals surface area (Å²) < 4.78 is 22.6. The second kappa shape index (κ2) is 17.4. The average molecular weight is 795 g/mol. The minimum Gasteiger partial charge on any atom is -0.494 e. The van der Waals surface area contributed by atoms with Crippen LogP contribution in [0.1, 0.15) is 79.3 Å². The van der Waals surface area contributed by atoms with Crippen molar-refractivity contribution in [1.29, 1.82) is 0 Å². The molecule has 0 aliphatic heterocycles. The zero-order chi connectivity index (χ0) is 41.7. The number of nitrogens with zero attached hydrogens (tertiary/aromatic N) is 7. The molecule has 0 bridgehead atoms. The van der Waals surface area contributed by atoms with E-state index in [2.05, 4.69) is 31.0 Å². The highest BCUT2D eigenvalue weighted by molar-refractivity contribution is 6.05. The lowest BCUT2D eigenvalue weighted by Gasteiger charge is -2.13. The Hall–Kier alpha value is -7.02. The Labute approximate surface area is 332 Å². The third-order valence-electron chi connectivity index (χ3n) is 9.20. The molecule has 0 atom stereocenters. The number of allylic oxidation sites excluding steroid dienone is 2. The van der Waals surface area contributed by atoms with Gasteiger partial charge in [0, 0.05) is 37.7 Å². The van der Waals surface area contributed by atoms with Crippen molar-refractivity contribution in [1.82, 2.24) is 39.2 Å². The summed E-state index contributed by atoms with van der Waals surface area (Å²) in [7, 11) is 3.29. The summed E-state index contributed by atoms with van der Waals surface area (Å²) in [6, 6.07) is 7.81. The maximum absolute atomic E-state index is 13.6. The van der Waals surface area contributed by atoms with Crippen molar-refractivity contribution >= 4 is 57.6 Å². The molecule has 0 fully saturated rings. The van der Waals surface area contributed by atoms with E-state index in [9.17, 15) is 19.2 Å². The second-order valence-corrected chi connectivity index (χ2v) is 13.2. The molecule has 0 saturated carbocycles. The Kier molecular flexibility index (Phi) is 12.2.